The number of ether oxygens (including phenoxy) is 1. The van der Waals surface area contributed by atoms with Crippen molar-refractivity contribution >= 4 is 52.6 Å². The van der Waals surface area contributed by atoms with Crippen molar-refractivity contribution in [3.8, 4) is 0 Å². The fourth-order valence-electron chi connectivity index (χ4n) is 1.52. The van der Waals surface area contributed by atoms with Gasteiger partial charge in [0.05, 0.1) is 27.2 Å². The molecule has 0 heterocycles. The van der Waals surface area contributed by atoms with Crippen LogP contribution in [0, 0.1) is 0 Å². The van der Waals surface area contributed by atoms with Crippen LogP contribution in [0.3, 0.4) is 0 Å². The predicted molar refractivity (Wildman–Crippen MR) is 88.0 cm³/mol. The zero-order valence-electron chi connectivity index (χ0n) is 12.4. The topological polar surface area (TPSA) is 84.5 Å². The number of carbonyl (C=O) groups excluding carboxylic acids is 3. The van der Waals surface area contributed by atoms with Crippen molar-refractivity contribution in [2.24, 2.45) is 0 Å². The highest BCUT2D eigenvalue weighted by atomic mass is 35.5. The Morgan fingerprint density at radius 3 is 2.30 bits per heavy atom. The molecule has 0 atom stereocenters. The molecule has 2 N–H and O–H groups in total. The van der Waals surface area contributed by atoms with E-state index in [-0.39, 0.29) is 39.1 Å². The smallest absolute Gasteiger partial charge is 0.341 e. The maximum atomic E-state index is 11.9. The predicted octanol–water partition coefficient (Wildman–Crippen LogP) is 2.44. The number of benzene rings is 1. The van der Waals surface area contributed by atoms with Crippen LogP contribution in [0.4, 0.5) is 0 Å². The van der Waals surface area contributed by atoms with Gasteiger partial charge in [0.25, 0.3) is 5.91 Å². The molecule has 126 valence electrons. The largest absolute Gasteiger partial charge is 0.452 e. The van der Waals surface area contributed by atoms with E-state index in [9.17, 15) is 14.4 Å². The molecular weight excluding hydrogens is 367 g/mol. The molecule has 0 radical (unpaired) electrons. The van der Waals surface area contributed by atoms with Crippen LogP contribution in [0.15, 0.2) is 12.1 Å². The Kier molecular flexibility index (Phi) is 7.61. The van der Waals surface area contributed by atoms with Crippen LogP contribution in [0.2, 0.25) is 15.1 Å². The van der Waals surface area contributed by atoms with Gasteiger partial charge in [-0.15, -0.1) is 0 Å². The van der Waals surface area contributed by atoms with E-state index >= 15 is 0 Å². The summed E-state index contributed by atoms with van der Waals surface area (Å²) in [6.07, 6.45) is 0. The van der Waals surface area contributed by atoms with E-state index < -0.39 is 18.5 Å². The Morgan fingerprint density at radius 1 is 1.09 bits per heavy atom. The van der Waals surface area contributed by atoms with E-state index in [1.165, 1.54) is 12.1 Å². The minimum Gasteiger partial charge on any atom is -0.452 e. The van der Waals surface area contributed by atoms with Crippen LogP contribution in [-0.4, -0.2) is 37.0 Å². The van der Waals surface area contributed by atoms with Crippen LogP contribution in [0.5, 0.6) is 0 Å². The molecule has 0 aliphatic heterocycles. The van der Waals surface area contributed by atoms with Crippen molar-refractivity contribution in [2.75, 3.05) is 13.2 Å². The van der Waals surface area contributed by atoms with Gasteiger partial charge < -0.3 is 15.4 Å². The van der Waals surface area contributed by atoms with E-state index in [0.29, 0.717) is 0 Å². The molecule has 0 aromatic heterocycles. The fourth-order valence-corrected chi connectivity index (χ4v) is 2.20. The Balaban J connectivity index is 2.52. The summed E-state index contributed by atoms with van der Waals surface area (Å²) in [5, 5.41) is 5.05. The SMILES string of the molecule is CC(C)NC(=O)CNC(=O)COC(=O)c1c(Cl)ccc(Cl)c1Cl. The summed E-state index contributed by atoms with van der Waals surface area (Å²) in [5.74, 6) is -1.86. The van der Waals surface area contributed by atoms with Crippen LogP contribution in [0.25, 0.3) is 0 Å². The molecule has 1 rings (SSSR count). The molecule has 0 fully saturated rings. The lowest BCUT2D eigenvalue weighted by molar-refractivity contribution is -0.128. The van der Waals surface area contributed by atoms with Gasteiger partial charge in [0, 0.05) is 6.04 Å². The molecule has 0 unspecified atom stereocenters. The average Bonchev–Trinajstić information content (AvgIpc) is 2.46. The van der Waals surface area contributed by atoms with E-state index in [1.54, 1.807) is 13.8 Å². The van der Waals surface area contributed by atoms with Crippen LogP contribution in [0.1, 0.15) is 24.2 Å². The Hall–Kier alpha value is -1.50. The molecule has 0 spiro atoms. The van der Waals surface area contributed by atoms with E-state index in [1.807, 2.05) is 0 Å². The highest BCUT2D eigenvalue weighted by Gasteiger charge is 2.19. The highest BCUT2D eigenvalue weighted by Crippen LogP contribution is 2.31. The maximum absolute atomic E-state index is 11.9. The highest BCUT2D eigenvalue weighted by molar-refractivity contribution is 6.46. The summed E-state index contributed by atoms with van der Waals surface area (Å²) < 4.78 is 4.81. The normalized spacial score (nSPS) is 10.3. The second-order valence-electron chi connectivity index (χ2n) is 4.79. The summed E-state index contributed by atoms with van der Waals surface area (Å²) in [4.78, 5) is 34.8. The molecule has 0 aliphatic rings. The molecule has 1 aromatic carbocycles. The van der Waals surface area contributed by atoms with E-state index in [2.05, 4.69) is 10.6 Å². The first-order valence-electron chi connectivity index (χ1n) is 6.59. The van der Waals surface area contributed by atoms with Crippen LogP contribution in [-0.2, 0) is 14.3 Å². The van der Waals surface area contributed by atoms with Gasteiger partial charge in [-0.05, 0) is 26.0 Å². The second kappa shape index (κ2) is 8.96. The molecule has 6 nitrogen and oxygen atoms in total. The van der Waals surface area contributed by atoms with Gasteiger partial charge in [-0.1, -0.05) is 34.8 Å². The number of esters is 1. The summed E-state index contributed by atoms with van der Waals surface area (Å²) >= 11 is 17.6. The minimum atomic E-state index is -0.885. The standard InChI is InChI=1S/C14H15Cl3N2O4/c1-7(2)19-10(20)5-18-11(21)6-23-14(22)12-8(15)3-4-9(16)13(12)17/h3-4,7H,5-6H2,1-2H3,(H,18,21)(H,19,20). The molecule has 0 bridgehead atoms. The van der Waals surface area contributed by atoms with Gasteiger partial charge in [-0.3, -0.25) is 9.59 Å². The zero-order chi connectivity index (χ0) is 17.6. The Morgan fingerprint density at radius 2 is 1.70 bits per heavy atom. The van der Waals surface area contributed by atoms with Crippen LogP contribution >= 0.6 is 34.8 Å². The van der Waals surface area contributed by atoms with E-state index in [0.717, 1.165) is 0 Å². The lowest BCUT2D eigenvalue weighted by atomic mass is 10.2. The lowest BCUT2D eigenvalue weighted by Gasteiger charge is -2.10. The van der Waals surface area contributed by atoms with Gasteiger partial charge in [0.2, 0.25) is 5.91 Å². The van der Waals surface area contributed by atoms with Crippen molar-refractivity contribution < 1.29 is 19.1 Å². The van der Waals surface area contributed by atoms with Crippen molar-refractivity contribution in [2.45, 2.75) is 19.9 Å². The van der Waals surface area contributed by atoms with Gasteiger partial charge >= 0.3 is 5.97 Å². The number of halogens is 3. The maximum Gasteiger partial charge on any atom is 0.341 e. The van der Waals surface area contributed by atoms with Crippen molar-refractivity contribution in [1.29, 1.82) is 0 Å². The number of nitrogens with one attached hydrogen (secondary N) is 2. The Labute approximate surface area is 148 Å². The van der Waals surface area contributed by atoms with Gasteiger partial charge in [-0.2, -0.15) is 0 Å². The first-order chi connectivity index (χ1) is 10.7. The van der Waals surface area contributed by atoms with Gasteiger partial charge in [0.15, 0.2) is 6.61 Å². The molecular formula is C14H15Cl3N2O4. The average molecular weight is 382 g/mol. The van der Waals surface area contributed by atoms with Gasteiger partial charge in [0.1, 0.15) is 0 Å². The third-order valence-corrected chi connectivity index (χ3v) is 3.60. The minimum absolute atomic E-state index is 0.0376. The van der Waals surface area contributed by atoms with Crippen molar-refractivity contribution in [3.63, 3.8) is 0 Å². The summed E-state index contributed by atoms with van der Waals surface area (Å²) in [6.45, 7) is 2.79. The molecule has 0 aliphatic carbocycles. The fraction of sp³-hybridized carbons (Fsp3) is 0.357. The van der Waals surface area contributed by atoms with E-state index in [4.69, 9.17) is 39.5 Å². The molecule has 9 heteroatoms. The molecule has 2 amide bonds. The number of rotatable bonds is 6. The molecule has 1 aromatic rings. The number of amides is 2. The second-order valence-corrected chi connectivity index (χ2v) is 5.99. The summed E-state index contributed by atoms with van der Waals surface area (Å²) in [5.41, 5.74) is -0.119. The molecule has 0 saturated heterocycles. The van der Waals surface area contributed by atoms with Gasteiger partial charge in [-0.25, -0.2) is 4.79 Å². The monoisotopic (exact) mass is 380 g/mol. The molecule has 23 heavy (non-hydrogen) atoms. The number of hydrogen-bond donors (Lipinski definition) is 2. The summed E-state index contributed by atoms with van der Waals surface area (Å²) in [7, 11) is 0. The number of carbonyl (C=O) groups is 3. The van der Waals surface area contributed by atoms with Crippen LogP contribution < -0.4 is 10.6 Å². The lowest BCUT2D eigenvalue weighted by Crippen LogP contribution is -2.41. The Bertz CT molecular complexity index is 620. The quantitative estimate of drug-likeness (QED) is 0.585. The first-order valence-corrected chi connectivity index (χ1v) is 7.72. The summed E-state index contributed by atoms with van der Waals surface area (Å²) in [6, 6.07) is 2.79. The number of hydrogen-bond acceptors (Lipinski definition) is 4. The zero-order valence-corrected chi connectivity index (χ0v) is 14.7. The third-order valence-electron chi connectivity index (χ3n) is 2.48. The van der Waals surface area contributed by atoms with Crippen molar-refractivity contribution in [3.05, 3.63) is 32.8 Å². The molecule has 0 saturated carbocycles. The first kappa shape index (κ1) is 19.5. The van der Waals surface area contributed by atoms with Crippen molar-refractivity contribution in [1.82, 2.24) is 10.6 Å². The third kappa shape index (κ3) is 6.25.